The smallest absolute Gasteiger partial charge is 0.257 e. The van der Waals surface area contributed by atoms with E-state index in [2.05, 4.69) is 18.8 Å². The number of nitrogen functional groups attached to an aromatic ring is 1. The quantitative estimate of drug-likeness (QED) is 0.873. The number of likely N-dealkylation sites (tertiary alicyclic amines) is 1. The highest BCUT2D eigenvalue weighted by Gasteiger charge is 2.30. The molecule has 0 aromatic carbocycles. The molecule has 1 unspecified atom stereocenters. The number of amides is 1. The van der Waals surface area contributed by atoms with E-state index in [1.54, 1.807) is 4.90 Å². The van der Waals surface area contributed by atoms with Crippen LogP contribution in [-0.2, 0) is 0 Å². The zero-order chi connectivity index (χ0) is 13.3. The third-order valence-corrected chi connectivity index (χ3v) is 3.60. The Morgan fingerprint density at radius 1 is 1.61 bits per heavy atom. The van der Waals surface area contributed by atoms with Gasteiger partial charge in [0.15, 0.2) is 11.6 Å². The maximum atomic E-state index is 13.7. The molecule has 1 amide bonds. The molecular weight excluding hydrogens is 233 g/mol. The summed E-state index contributed by atoms with van der Waals surface area (Å²) < 4.78 is 13.7. The fraction of sp³-hybridized carbons (Fsp3) is 0.538. The fourth-order valence-corrected chi connectivity index (χ4v) is 2.31. The maximum Gasteiger partial charge on any atom is 0.257 e. The summed E-state index contributed by atoms with van der Waals surface area (Å²) in [5.41, 5.74) is 5.40. The number of carbonyl (C=O) groups is 1. The van der Waals surface area contributed by atoms with E-state index in [9.17, 15) is 9.18 Å². The van der Waals surface area contributed by atoms with Gasteiger partial charge in [0.2, 0.25) is 0 Å². The molecule has 1 aromatic rings. The SMILES string of the molecule is CC(C)C1CCN(C(=O)c2ccnc(N)c2F)C1. The molecule has 0 saturated carbocycles. The number of nitrogens with two attached hydrogens (primary N) is 1. The van der Waals surface area contributed by atoms with Crippen molar-refractivity contribution >= 4 is 11.7 Å². The molecule has 1 aromatic heterocycles. The molecular formula is C13H18FN3O. The van der Waals surface area contributed by atoms with Gasteiger partial charge in [-0.2, -0.15) is 0 Å². The topological polar surface area (TPSA) is 59.2 Å². The van der Waals surface area contributed by atoms with Gasteiger partial charge in [-0.1, -0.05) is 13.8 Å². The van der Waals surface area contributed by atoms with Crippen LogP contribution in [0, 0.1) is 17.7 Å². The van der Waals surface area contributed by atoms with E-state index in [1.165, 1.54) is 12.3 Å². The number of nitrogens with zero attached hydrogens (tertiary/aromatic N) is 2. The summed E-state index contributed by atoms with van der Waals surface area (Å²) in [5.74, 6) is -0.188. The molecule has 1 aliphatic heterocycles. The van der Waals surface area contributed by atoms with Gasteiger partial charge in [-0.25, -0.2) is 9.37 Å². The lowest BCUT2D eigenvalue weighted by atomic mass is 9.95. The molecule has 4 nitrogen and oxygen atoms in total. The molecule has 0 bridgehead atoms. The van der Waals surface area contributed by atoms with Crippen LogP contribution in [0.5, 0.6) is 0 Å². The van der Waals surface area contributed by atoms with E-state index in [4.69, 9.17) is 5.73 Å². The largest absolute Gasteiger partial charge is 0.381 e. The number of hydrogen-bond donors (Lipinski definition) is 1. The van der Waals surface area contributed by atoms with Gasteiger partial charge in [0, 0.05) is 19.3 Å². The number of halogens is 1. The first-order chi connectivity index (χ1) is 8.50. The fourth-order valence-electron chi connectivity index (χ4n) is 2.31. The van der Waals surface area contributed by atoms with Crippen LogP contribution in [0.4, 0.5) is 10.2 Å². The van der Waals surface area contributed by atoms with E-state index in [1.807, 2.05) is 0 Å². The Kier molecular flexibility index (Phi) is 3.50. The zero-order valence-corrected chi connectivity index (χ0v) is 10.7. The third kappa shape index (κ3) is 2.30. The highest BCUT2D eigenvalue weighted by Crippen LogP contribution is 2.25. The average molecular weight is 251 g/mol. The second kappa shape index (κ2) is 4.92. The van der Waals surface area contributed by atoms with Crippen LogP contribution in [0.1, 0.15) is 30.6 Å². The molecule has 1 atom stereocenters. The average Bonchev–Trinajstić information content (AvgIpc) is 2.81. The van der Waals surface area contributed by atoms with Crippen molar-refractivity contribution in [3.63, 3.8) is 0 Å². The van der Waals surface area contributed by atoms with Gasteiger partial charge >= 0.3 is 0 Å². The van der Waals surface area contributed by atoms with Gasteiger partial charge in [0.25, 0.3) is 5.91 Å². The van der Waals surface area contributed by atoms with Crippen molar-refractivity contribution in [2.75, 3.05) is 18.8 Å². The van der Waals surface area contributed by atoms with Crippen LogP contribution in [0.3, 0.4) is 0 Å². The van der Waals surface area contributed by atoms with Crippen molar-refractivity contribution in [1.29, 1.82) is 0 Å². The molecule has 98 valence electrons. The number of carbonyl (C=O) groups excluding carboxylic acids is 1. The molecule has 2 heterocycles. The van der Waals surface area contributed by atoms with Crippen LogP contribution in [0.25, 0.3) is 0 Å². The zero-order valence-electron chi connectivity index (χ0n) is 10.7. The Hall–Kier alpha value is -1.65. The summed E-state index contributed by atoms with van der Waals surface area (Å²) in [6, 6.07) is 1.39. The number of aromatic nitrogens is 1. The first kappa shape index (κ1) is 12.8. The van der Waals surface area contributed by atoms with E-state index >= 15 is 0 Å². The number of rotatable bonds is 2. The van der Waals surface area contributed by atoms with Gasteiger partial charge in [0.1, 0.15) is 0 Å². The van der Waals surface area contributed by atoms with Crippen LogP contribution < -0.4 is 5.73 Å². The Morgan fingerprint density at radius 2 is 2.33 bits per heavy atom. The van der Waals surface area contributed by atoms with Crippen LogP contribution >= 0.6 is 0 Å². The predicted molar refractivity (Wildman–Crippen MR) is 67.5 cm³/mol. The Bertz CT molecular complexity index is 462. The monoisotopic (exact) mass is 251 g/mol. The number of hydrogen-bond acceptors (Lipinski definition) is 3. The molecule has 18 heavy (non-hydrogen) atoms. The molecule has 0 spiro atoms. The van der Waals surface area contributed by atoms with Crippen molar-refractivity contribution in [2.24, 2.45) is 11.8 Å². The normalized spacial score (nSPS) is 19.6. The summed E-state index contributed by atoms with van der Waals surface area (Å²) in [6.45, 7) is 5.66. The van der Waals surface area contributed by atoms with Gasteiger partial charge in [-0.3, -0.25) is 4.79 Å². The summed E-state index contributed by atoms with van der Waals surface area (Å²) in [7, 11) is 0. The van der Waals surface area contributed by atoms with Gasteiger partial charge < -0.3 is 10.6 Å². The minimum Gasteiger partial charge on any atom is -0.381 e. The predicted octanol–water partition coefficient (Wildman–Crippen LogP) is 1.92. The molecule has 2 N–H and O–H groups in total. The number of pyridine rings is 1. The van der Waals surface area contributed by atoms with Gasteiger partial charge in [-0.15, -0.1) is 0 Å². The second-order valence-corrected chi connectivity index (χ2v) is 5.10. The van der Waals surface area contributed by atoms with Crippen molar-refractivity contribution in [1.82, 2.24) is 9.88 Å². The van der Waals surface area contributed by atoms with Crippen LogP contribution in [0.15, 0.2) is 12.3 Å². The van der Waals surface area contributed by atoms with Gasteiger partial charge in [-0.05, 0) is 24.3 Å². The standard InChI is InChI=1S/C13H18FN3O/c1-8(2)9-4-6-17(7-9)13(18)10-3-5-16-12(15)11(10)14/h3,5,8-9H,4,6-7H2,1-2H3,(H2,15,16). The summed E-state index contributed by atoms with van der Waals surface area (Å²) in [6.07, 6.45) is 2.34. The molecule has 1 saturated heterocycles. The van der Waals surface area contributed by atoms with Crippen molar-refractivity contribution in [3.05, 3.63) is 23.6 Å². The lowest BCUT2D eigenvalue weighted by molar-refractivity contribution is 0.0779. The van der Waals surface area contributed by atoms with E-state index in [0.717, 1.165) is 6.42 Å². The lowest BCUT2D eigenvalue weighted by Crippen LogP contribution is -2.30. The van der Waals surface area contributed by atoms with E-state index in [0.29, 0.717) is 24.9 Å². The minimum atomic E-state index is -0.713. The maximum absolute atomic E-state index is 13.7. The molecule has 2 rings (SSSR count). The van der Waals surface area contributed by atoms with Crippen LogP contribution in [-0.4, -0.2) is 28.9 Å². The Balaban J connectivity index is 2.16. The number of anilines is 1. The minimum absolute atomic E-state index is 0.0203. The summed E-state index contributed by atoms with van der Waals surface area (Å²) in [5, 5.41) is 0. The molecule has 1 aliphatic rings. The van der Waals surface area contributed by atoms with Crippen molar-refractivity contribution in [3.8, 4) is 0 Å². The van der Waals surface area contributed by atoms with Crippen molar-refractivity contribution < 1.29 is 9.18 Å². The van der Waals surface area contributed by atoms with E-state index in [-0.39, 0.29) is 17.3 Å². The van der Waals surface area contributed by atoms with Crippen LogP contribution in [0.2, 0.25) is 0 Å². The summed E-state index contributed by atoms with van der Waals surface area (Å²) >= 11 is 0. The van der Waals surface area contributed by atoms with Crippen molar-refractivity contribution in [2.45, 2.75) is 20.3 Å². The van der Waals surface area contributed by atoms with E-state index < -0.39 is 5.82 Å². The molecule has 5 heteroatoms. The third-order valence-electron chi connectivity index (χ3n) is 3.60. The molecule has 1 fully saturated rings. The highest BCUT2D eigenvalue weighted by atomic mass is 19.1. The molecule has 0 aliphatic carbocycles. The Labute approximate surface area is 106 Å². The summed E-state index contributed by atoms with van der Waals surface area (Å²) in [4.78, 5) is 17.5. The highest BCUT2D eigenvalue weighted by molar-refractivity contribution is 5.95. The Morgan fingerprint density at radius 3 is 2.94 bits per heavy atom. The lowest BCUT2D eigenvalue weighted by Gasteiger charge is -2.18. The first-order valence-electron chi connectivity index (χ1n) is 6.20. The molecule has 0 radical (unpaired) electrons. The first-order valence-corrected chi connectivity index (χ1v) is 6.20. The van der Waals surface area contributed by atoms with Gasteiger partial charge in [0.05, 0.1) is 5.56 Å². The second-order valence-electron chi connectivity index (χ2n) is 5.10.